The molecule has 0 saturated carbocycles. The van der Waals surface area contributed by atoms with Crippen molar-refractivity contribution in [1.82, 2.24) is 15.0 Å². The molecule has 2 aromatic heterocycles. The van der Waals surface area contributed by atoms with Crippen molar-refractivity contribution in [2.24, 2.45) is 0 Å². The molecule has 0 atom stereocenters. The zero-order valence-electron chi connectivity index (χ0n) is 14.1. The van der Waals surface area contributed by atoms with Crippen molar-refractivity contribution in [3.8, 4) is 0 Å². The number of aromatic nitrogens is 3. The van der Waals surface area contributed by atoms with Gasteiger partial charge < -0.3 is 15.0 Å². The van der Waals surface area contributed by atoms with Crippen LogP contribution in [0.5, 0.6) is 0 Å². The first-order chi connectivity index (χ1) is 12.1. The summed E-state index contributed by atoms with van der Waals surface area (Å²) in [5.41, 5.74) is 1.70. The largest absolute Gasteiger partial charge is 0.378 e. The molecule has 8 heteroatoms. The van der Waals surface area contributed by atoms with Crippen molar-refractivity contribution in [3.63, 3.8) is 0 Å². The first-order valence-corrected chi connectivity index (χ1v) is 8.26. The molecular weight excluding hydrogens is 322 g/mol. The molecule has 0 radical (unpaired) electrons. The minimum atomic E-state index is -0.189. The number of rotatable bonds is 5. The molecule has 0 unspecified atom stereocenters. The molecule has 8 nitrogen and oxygen atoms in total. The first kappa shape index (κ1) is 17.1. The van der Waals surface area contributed by atoms with E-state index in [-0.39, 0.29) is 17.9 Å². The summed E-state index contributed by atoms with van der Waals surface area (Å²) in [7, 11) is 0. The Morgan fingerprint density at radius 2 is 2.04 bits per heavy atom. The zero-order chi connectivity index (χ0) is 17.6. The molecule has 0 aliphatic carbocycles. The monoisotopic (exact) mass is 343 g/mol. The van der Waals surface area contributed by atoms with Crippen LogP contribution >= 0.6 is 0 Å². The number of anilines is 2. The van der Waals surface area contributed by atoms with Crippen LogP contribution in [0, 0.1) is 6.92 Å². The van der Waals surface area contributed by atoms with E-state index in [9.17, 15) is 9.59 Å². The van der Waals surface area contributed by atoms with Gasteiger partial charge in [-0.1, -0.05) is 0 Å². The highest BCUT2D eigenvalue weighted by Gasteiger charge is 2.16. The minimum absolute atomic E-state index is 0.151. The average Bonchev–Trinajstić information content (AvgIpc) is 2.62. The molecule has 1 fully saturated rings. The molecule has 2 N–H and O–H groups in total. The second-order valence-corrected chi connectivity index (χ2v) is 5.84. The van der Waals surface area contributed by atoms with Crippen LogP contribution in [0.15, 0.2) is 29.3 Å². The molecule has 1 aliphatic heterocycles. The number of nitrogens with zero attached hydrogens (tertiary/aromatic N) is 3. The topological polar surface area (TPSA) is 100 Å². The van der Waals surface area contributed by atoms with Gasteiger partial charge in [-0.2, -0.15) is 0 Å². The molecule has 0 spiro atoms. The molecule has 2 aromatic rings. The highest BCUT2D eigenvalue weighted by molar-refractivity contribution is 5.90. The van der Waals surface area contributed by atoms with E-state index in [4.69, 9.17) is 4.74 Å². The van der Waals surface area contributed by atoms with Crippen LogP contribution in [0.3, 0.4) is 0 Å². The summed E-state index contributed by atoms with van der Waals surface area (Å²) >= 11 is 0. The smallest absolute Gasteiger partial charge is 0.255 e. The van der Waals surface area contributed by atoms with Gasteiger partial charge in [0.15, 0.2) is 0 Å². The number of carbonyl (C=O) groups is 1. The lowest BCUT2D eigenvalue weighted by molar-refractivity contribution is -0.116. The van der Waals surface area contributed by atoms with Gasteiger partial charge in [-0.15, -0.1) is 0 Å². The van der Waals surface area contributed by atoms with Crippen LogP contribution in [0.4, 0.5) is 11.6 Å². The number of hydrogen-bond donors (Lipinski definition) is 2. The maximum absolute atomic E-state index is 12.4. The zero-order valence-corrected chi connectivity index (χ0v) is 14.1. The summed E-state index contributed by atoms with van der Waals surface area (Å²) < 4.78 is 5.31. The van der Waals surface area contributed by atoms with E-state index in [1.165, 1.54) is 0 Å². The molecule has 1 saturated heterocycles. The molecule has 1 amide bonds. The molecule has 132 valence electrons. The van der Waals surface area contributed by atoms with Crippen molar-refractivity contribution in [2.45, 2.75) is 19.8 Å². The number of hydrogen-bond acceptors (Lipinski definition) is 6. The number of carbonyl (C=O) groups excluding carboxylic acids is 1. The third-order valence-corrected chi connectivity index (χ3v) is 4.09. The Labute approximate surface area is 145 Å². The second kappa shape index (κ2) is 7.89. The predicted octanol–water partition coefficient (Wildman–Crippen LogP) is 0.881. The van der Waals surface area contributed by atoms with Gasteiger partial charge in [0.2, 0.25) is 11.9 Å². The number of amides is 1. The molecule has 25 heavy (non-hydrogen) atoms. The summed E-state index contributed by atoms with van der Waals surface area (Å²) in [6, 6.07) is 3.43. The predicted molar refractivity (Wildman–Crippen MR) is 93.8 cm³/mol. The van der Waals surface area contributed by atoms with E-state index < -0.39 is 0 Å². The van der Waals surface area contributed by atoms with Gasteiger partial charge in [-0.3, -0.25) is 19.6 Å². The SMILES string of the molecule is Cc1nc(N2CCOCC2)[nH]c(=O)c1CCC(=O)Nc1ccncc1. The maximum atomic E-state index is 12.4. The highest BCUT2D eigenvalue weighted by atomic mass is 16.5. The maximum Gasteiger partial charge on any atom is 0.255 e. The Hall–Kier alpha value is -2.74. The van der Waals surface area contributed by atoms with Crippen LogP contribution in [0.2, 0.25) is 0 Å². The van der Waals surface area contributed by atoms with Gasteiger partial charge in [0.25, 0.3) is 5.56 Å². The Morgan fingerprint density at radius 3 is 2.72 bits per heavy atom. The molecule has 3 heterocycles. The number of ether oxygens (including phenoxy) is 1. The van der Waals surface area contributed by atoms with Crippen molar-refractivity contribution < 1.29 is 9.53 Å². The lowest BCUT2D eigenvalue weighted by atomic mass is 10.1. The fraction of sp³-hybridized carbons (Fsp3) is 0.412. The van der Waals surface area contributed by atoms with E-state index in [2.05, 4.69) is 20.3 Å². The Bertz CT molecular complexity index is 785. The van der Waals surface area contributed by atoms with E-state index in [1.54, 1.807) is 31.5 Å². The van der Waals surface area contributed by atoms with Gasteiger partial charge in [0.05, 0.1) is 13.2 Å². The number of nitrogens with one attached hydrogen (secondary N) is 2. The summed E-state index contributed by atoms with van der Waals surface area (Å²) in [6.45, 7) is 4.46. The van der Waals surface area contributed by atoms with Gasteiger partial charge in [-0.25, -0.2) is 4.98 Å². The molecule has 3 rings (SSSR count). The van der Waals surface area contributed by atoms with Crippen molar-refractivity contribution >= 4 is 17.5 Å². The fourth-order valence-corrected chi connectivity index (χ4v) is 2.71. The summed E-state index contributed by atoms with van der Waals surface area (Å²) in [6.07, 6.45) is 3.77. The lowest BCUT2D eigenvalue weighted by Crippen LogP contribution is -2.38. The quantitative estimate of drug-likeness (QED) is 0.836. The molecular formula is C17H21N5O3. The minimum Gasteiger partial charge on any atom is -0.378 e. The molecule has 0 bridgehead atoms. The fourth-order valence-electron chi connectivity index (χ4n) is 2.71. The summed E-state index contributed by atoms with van der Waals surface area (Å²) in [5.74, 6) is 0.415. The van der Waals surface area contributed by atoms with Gasteiger partial charge in [-0.05, 0) is 25.5 Å². The standard InChI is InChI=1S/C17H21N5O3/c1-12-14(2-3-15(23)20-13-4-6-18-7-5-13)16(24)21-17(19-12)22-8-10-25-11-9-22/h4-7H,2-3,8-11H2,1H3,(H,18,20,23)(H,19,21,24). The highest BCUT2D eigenvalue weighted by Crippen LogP contribution is 2.12. The van der Waals surface area contributed by atoms with Crippen molar-refractivity contribution in [1.29, 1.82) is 0 Å². The lowest BCUT2D eigenvalue weighted by Gasteiger charge is -2.27. The second-order valence-electron chi connectivity index (χ2n) is 5.84. The van der Waals surface area contributed by atoms with Crippen LogP contribution in [0.1, 0.15) is 17.7 Å². The Kier molecular flexibility index (Phi) is 5.39. The molecule has 1 aliphatic rings. The van der Waals surface area contributed by atoms with E-state index >= 15 is 0 Å². The number of aromatic amines is 1. The summed E-state index contributed by atoms with van der Waals surface area (Å²) in [4.78, 5) is 37.6. The van der Waals surface area contributed by atoms with E-state index in [0.717, 1.165) is 0 Å². The van der Waals surface area contributed by atoms with E-state index in [1.807, 2.05) is 4.90 Å². The van der Waals surface area contributed by atoms with Crippen molar-refractivity contribution in [3.05, 3.63) is 46.1 Å². The summed E-state index contributed by atoms with van der Waals surface area (Å²) in [5, 5.41) is 2.78. The van der Waals surface area contributed by atoms with Crippen LogP contribution in [-0.4, -0.2) is 47.2 Å². The van der Waals surface area contributed by atoms with Gasteiger partial charge in [0.1, 0.15) is 0 Å². The normalized spacial score (nSPS) is 14.4. The van der Waals surface area contributed by atoms with Gasteiger partial charge in [0, 0.05) is 48.8 Å². The van der Waals surface area contributed by atoms with Crippen LogP contribution in [-0.2, 0) is 16.0 Å². The van der Waals surface area contributed by atoms with Gasteiger partial charge >= 0.3 is 0 Å². The molecule has 0 aromatic carbocycles. The number of aryl methyl sites for hydroxylation is 1. The Morgan fingerprint density at radius 1 is 1.32 bits per heavy atom. The third-order valence-electron chi connectivity index (χ3n) is 4.09. The van der Waals surface area contributed by atoms with Crippen molar-refractivity contribution in [2.75, 3.05) is 36.5 Å². The number of H-pyrrole nitrogens is 1. The Balaban J connectivity index is 1.64. The van der Waals surface area contributed by atoms with Crippen LogP contribution < -0.4 is 15.8 Å². The number of morpholine rings is 1. The number of pyridine rings is 1. The first-order valence-electron chi connectivity index (χ1n) is 8.26. The third kappa shape index (κ3) is 4.42. The van der Waals surface area contributed by atoms with E-state index in [0.29, 0.717) is 55.6 Å². The average molecular weight is 343 g/mol. The van der Waals surface area contributed by atoms with Crippen LogP contribution in [0.25, 0.3) is 0 Å².